The molecule has 0 fully saturated rings. The average molecular weight is 673 g/mol. The number of aliphatic imine (C=N–C) groups is 2. The van der Waals surface area contributed by atoms with E-state index in [1.54, 1.807) is 0 Å². The minimum Gasteiger partial charge on any atom is -0.280 e. The molecule has 1 heterocycles. The molecule has 0 bridgehead atoms. The Morgan fingerprint density at radius 2 is 1.02 bits per heavy atom. The van der Waals surface area contributed by atoms with Crippen molar-refractivity contribution in [2.75, 3.05) is 0 Å². The van der Waals surface area contributed by atoms with Crippen molar-refractivity contribution in [3.63, 3.8) is 0 Å². The van der Waals surface area contributed by atoms with E-state index in [0.29, 0.717) is 12.4 Å². The van der Waals surface area contributed by atoms with Gasteiger partial charge in [0, 0.05) is 27.7 Å². The summed E-state index contributed by atoms with van der Waals surface area (Å²) in [5.74, 6) is 0.707. The summed E-state index contributed by atoms with van der Waals surface area (Å²) in [6.45, 7) is 8.90. The fourth-order valence-electron chi connectivity index (χ4n) is 6.28. The van der Waals surface area contributed by atoms with Crippen LogP contribution in [0.3, 0.4) is 0 Å². The second-order valence-electron chi connectivity index (χ2n) is 13.2. The molecule has 0 aliphatic carbocycles. The van der Waals surface area contributed by atoms with E-state index in [-0.39, 0.29) is 5.41 Å². The number of hydrogen-bond donors (Lipinski definition) is 0. The predicted molar refractivity (Wildman–Crippen MR) is 218 cm³/mol. The Bertz CT molecular complexity index is 2250. The molecule has 0 radical (unpaired) electrons. The summed E-state index contributed by atoms with van der Waals surface area (Å²) >= 11 is 0. The first-order chi connectivity index (χ1) is 25.5. The molecule has 0 N–H and O–H groups in total. The Hall–Kier alpha value is -6.52. The molecule has 4 heteroatoms. The molecular weight excluding hydrogens is 633 g/mol. The van der Waals surface area contributed by atoms with Gasteiger partial charge in [-0.2, -0.15) is 0 Å². The van der Waals surface area contributed by atoms with E-state index in [4.69, 9.17) is 15.0 Å². The molecule has 0 spiro atoms. The summed E-state index contributed by atoms with van der Waals surface area (Å²) < 4.78 is 0. The van der Waals surface area contributed by atoms with Gasteiger partial charge in [-0.05, 0) is 41.1 Å². The first-order valence-electron chi connectivity index (χ1n) is 17.5. The summed E-state index contributed by atoms with van der Waals surface area (Å²) in [7, 11) is 0. The Labute approximate surface area is 306 Å². The Kier molecular flexibility index (Phi) is 10.2. The molecule has 52 heavy (non-hydrogen) atoms. The number of aromatic nitrogens is 2. The maximum atomic E-state index is 5.06. The van der Waals surface area contributed by atoms with Crippen molar-refractivity contribution >= 4 is 18.1 Å². The van der Waals surface area contributed by atoms with Crippen molar-refractivity contribution in [3.05, 3.63) is 210 Å². The molecule has 6 aromatic carbocycles. The number of rotatable bonds is 11. The highest BCUT2D eigenvalue weighted by Gasteiger charge is 2.23. The van der Waals surface area contributed by atoms with E-state index in [1.165, 1.54) is 11.1 Å². The van der Waals surface area contributed by atoms with Gasteiger partial charge in [-0.1, -0.05) is 184 Å². The Balaban J connectivity index is 1.13. The molecule has 0 saturated heterocycles. The van der Waals surface area contributed by atoms with Crippen LogP contribution in [0.4, 0.5) is 0 Å². The SMILES string of the molecule is C=N/C(=C\C(=NCc1ccc(C(C)(C)c2ccc(-c3nc(-c4ccccc4)cc(-c4ccccc4)n3)cc2)cc1)c1ccccc1)c1ccccc1. The molecule has 7 rings (SSSR count). The van der Waals surface area contributed by atoms with Crippen LogP contribution in [0.5, 0.6) is 0 Å². The number of hydrogen-bond acceptors (Lipinski definition) is 4. The van der Waals surface area contributed by atoms with Crippen LogP contribution in [0.25, 0.3) is 39.6 Å². The van der Waals surface area contributed by atoms with Crippen molar-refractivity contribution in [2.45, 2.75) is 25.8 Å². The second kappa shape index (κ2) is 15.6. The topological polar surface area (TPSA) is 50.5 Å². The van der Waals surface area contributed by atoms with Crippen LogP contribution >= 0.6 is 0 Å². The summed E-state index contributed by atoms with van der Waals surface area (Å²) in [6, 6.07) is 60.4. The van der Waals surface area contributed by atoms with E-state index < -0.39 is 0 Å². The van der Waals surface area contributed by atoms with E-state index >= 15 is 0 Å². The molecule has 1 aromatic heterocycles. The van der Waals surface area contributed by atoms with Gasteiger partial charge in [-0.3, -0.25) is 9.98 Å². The van der Waals surface area contributed by atoms with Gasteiger partial charge in [0.05, 0.1) is 29.3 Å². The van der Waals surface area contributed by atoms with Crippen LogP contribution < -0.4 is 0 Å². The predicted octanol–water partition coefficient (Wildman–Crippen LogP) is 11.5. The first kappa shape index (κ1) is 34.0. The lowest BCUT2D eigenvalue weighted by molar-refractivity contribution is 0.640. The highest BCUT2D eigenvalue weighted by Crippen LogP contribution is 2.34. The second-order valence-corrected chi connectivity index (χ2v) is 13.2. The number of allylic oxidation sites excluding steroid dienone is 1. The van der Waals surface area contributed by atoms with Crippen molar-refractivity contribution in [1.29, 1.82) is 0 Å². The van der Waals surface area contributed by atoms with Crippen molar-refractivity contribution in [1.82, 2.24) is 9.97 Å². The number of benzene rings is 6. The summed E-state index contributed by atoms with van der Waals surface area (Å²) in [5.41, 5.74) is 12.0. The third-order valence-corrected chi connectivity index (χ3v) is 9.42. The zero-order valence-corrected chi connectivity index (χ0v) is 29.5. The fraction of sp³-hybridized carbons (Fsp3) is 0.0833. The van der Waals surface area contributed by atoms with Crippen molar-refractivity contribution in [3.8, 4) is 33.9 Å². The fourth-order valence-corrected chi connectivity index (χ4v) is 6.28. The van der Waals surface area contributed by atoms with E-state index in [2.05, 4.69) is 117 Å². The zero-order chi connectivity index (χ0) is 35.8. The van der Waals surface area contributed by atoms with Crippen LogP contribution in [0, 0.1) is 0 Å². The summed E-state index contributed by atoms with van der Waals surface area (Å²) in [6.07, 6.45) is 2.02. The lowest BCUT2D eigenvalue weighted by atomic mass is 9.78. The lowest BCUT2D eigenvalue weighted by Gasteiger charge is -2.26. The first-order valence-corrected chi connectivity index (χ1v) is 17.5. The average Bonchev–Trinajstić information content (AvgIpc) is 3.22. The van der Waals surface area contributed by atoms with Crippen LogP contribution in [0.1, 0.15) is 41.7 Å². The molecule has 0 atom stereocenters. The summed E-state index contributed by atoms with van der Waals surface area (Å²) in [5, 5.41) is 0. The van der Waals surface area contributed by atoms with Gasteiger partial charge < -0.3 is 0 Å². The quantitative estimate of drug-likeness (QED) is 0.128. The van der Waals surface area contributed by atoms with E-state index in [9.17, 15) is 0 Å². The van der Waals surface area contributed by atoms with E-state index in [0.717, 1.165) is 56.2 Å². The highest BCUT2D eigenvalue weighted by molar-refractivity contribution is 6.12. The lowest BCUT2D eigenvalue weighted by Crippen LogP contribution is -2.18. The molecule has 0 saturated carbocycles. The maximum Gasteiger partial charge on any atom is 0.160 e. The van der Waals surface area contributed by atoms with Gasteiger partial charge in [-0.15, -0.1) is 0 Å². The maximum absolute atomic E-state index is 5.06. The molecule has 0 aliphatic rings. The normalized spacial score (nSPS) is 12.0. The molecule has 0 aliphatic heterocycles. The summed E-state index contributed by atoms with van der Waals surface area (Å²) in [4.78, 5) is 19.4. The van der Waals surface area contributed by atoms with Crippen molar-refractivity contribution < 1.29 is 0 Å². The monoisotopic (exact) mass is 672 g/mol. The van der Waals surface area contributed by atoms with Gasteiger partial charge in [0.2, 0.25) is 0 Å². The molecular formula is C48H40N4. The highest BCUT2D eigenvalue weighted by atomic mass is 14.9. The molecule has 7 aromatic rings. The molecule has 252 valence electrons. The minimum atomic E-state index is -0.222. The molecule has 0 amide bonds. The Morgan fingerprint density at radius 3 is 1.52 bits per heavy atom. The van der Waals surface area contributed by atoms with Crippen LogP contribution in [0.15, 0.2) is 192 Å². The molecule has 4 nitrogen and oxygen atoms in total. The van der Waals surface area contributed by atoms with E-state index in [1.807, 2.05) is 91.0 Å². The van der Waals surface area contributed by atoms with Gasteiger partial charge in [-0.25, -0.2) is 9.97 Å². The van der Waals surface area contributed by atoms with Gasteiger partial charge in [0.15, 0.2) is 5.82 Å². The van der Waals surface area contributed by atoms with Gasteiger partial charge >= 0.3 is 0 Å². The minimum absolute atomic E-state index is 0.222. The van der Waals surface area contributed by atoms with Crippen LogP contribution in [0.2, 0.25) is 0 Å². The van der Waals surface area contributed by atoms with Crippen molar-refractivity contribution in [2.24, 2.45) is 9.98 Å². The van der Waals surface area contributed by atoms with Crippen LogP contribution in [-0.4, -0.2) is 22.4 Å². The largest absolute Gasteiger partial charge is 0.280 e. The standard InChI is InChI=1S/C48H40N4/c1-48(2,41-28-24-35(25-29-41)34-50-44(37-18-10-5-11-19-37)32-43(49-3)36-16-8-4-9-17-36)42-30-26-40(27-31-42)47-51-45(38-20-12-6-13-21-38)33-46(52-47)39-22-14-7-15-23-39/h4-33H,3,34H2,1-2H3/b43-32-,50-44?. The number of nitrogens with zero attached hydrogens (tertiary/aromatic N) is 4. The van der Waals surface area contributed by atoms with Gasteiger partial charge in [0.1, 0.15) is 0 Å². The zero-order valence-electron chi connectivity index (χ0n) is 29.5. The van der Waals surface area contributed by atoms with Crippen LogP contribution in [-0.2, 0) is 12.0 Å². The smallest absolute Gasteiger partial charge is 0.160 e. The Morgan fingerprint density at radius 1 is 0.558 bits per heavy atom. The van der Waals surface area contributed by atoms with Gasteiger partial charge in [0.25, 0.3) is 0 Å². The molecule has 0 unspecified atom stereocenters. The third-order valence-electron chi connectivity index (χ3n) is 9.42. The third kappa shape index (κ3) is 7.77.